The molecule has 0 aliphatic carbocycles. The van der Waals surface area contributed by atoms with Gasteiger partial charge in [0.2, 0.25) is 0 Å². The van der Waals surface area contributed by atoms with Crippen LogP contribution in [0.4, 0.5) is 17.2 Å². The van der Waals surface area contributed by atoms with Crippen LogP contribution in [-0.4, -0.2) is 34.0 Å². The third-order valence-corrected chi connectivity index (χ3v) is 3.32. The van der Waals surface area contributed by atoms with Crippen molar-refractivity contribution in [3.63, 3.8) is 0 Å². The average Bonchev–Trinajstić information content (AvgIpc) is 2.58. The summed E-state index contributed by atoms with van der Waals surface area (Å²) in [5.41, 5.74) is 0.0888. The number of ether oxygens (including phenoxy) is 1. The molecule has 10 heteroatoms. The van der Waals surface area contributed by atoms with Crippen LogP contribution in [0.25, 0.3) is 0 Å². The number of nitrogens with one attached hydrogen (secondary N) is 1. The highest BCUT2D eigenvalue weighted by atomic mass is 16.6. The summed E-state index contributed by atoms with van der Waals surface area (Å²) in [7, 11) is 0. The van der Waals surface area contributed by atoms with Crippen LogP contribution < -0.4 is 5.32 Å². The minimum Gasteiger partial charge on any atom is -0.460 e. The highest BCUT2D eigenvalue weighted by molar-refractivity contribution is 5.92. The van der Waals surface area contributed by atoms with E-state index in [-0.39, 0.29) is 35.7 Å². The second-order valence-corrected chi connectivity index (χ2v) is 4.93. The van der Waals surface area contributed by atoms with Gasteiger partial charge in [0, 0.05) is 17.7 Å². The molecule has 2 aromatic rings. The monoisotopic (exact) mass is 346 g/mol. The Kier molecular flexibility index (Phi) is 5.56. The van der Waals surface area contributed by atoms with Crippen LogP contribution in [0, 0.1) is 27.2 Å². The number of aromatic nitrogens is 1. The van der Waals surface area contributed by atoms with Crippen LogP contribution in [0.5, 0.6) is 0 Å². The lowest BCUT2D eigenvalue weighted by atomic mass is 10.1. The molecule has 0 aliphatic rings. The summed E-state index contributed by atoms with van der Waals surface area (Å²) in [6.45, 7) is 1.71. The van der Waals surface area contributed by atoms with Gasteiger partial charge >= 0.3 is 5.97 Å². The quantitative estimate of drug-likeness (QED) is 0.349. The Morgan fingerprint density at radius 2 is 1.96 bits per heavy atom. The van der Waals surface area contributed by atoms with Crippen molar-refractivity contribution < 1.29 is 19.4 Å². The largest absolute Gasteiger partial charge is 0.460 e. The maximum Gasteiger partial charge on any atom is 0.338 e. The van der Waals surface area contributed by atoms with Crippen molar-refractivity contribution in [1.82, 2.24) is 4.98 Å². The van der Waals surface area contributed by atoms with E-state index in [1.54, 1.807) is 0 Å². The molecule has 0 bridgehead atoms. The first-order valence-electron chi connectivity index (χ1n) is 7.15. The second-order valence-electron chi connectivity index (χ2n) is 4.93. The van der Waals surface area contributed by atoms with Crippen molar-refractivity contribution in [2.45, 2.75) is 6.92 Å². The van der Waals surface area contributed by atoms with E-state index in [1.165, 1.54) is 37.3 Å². The summed E-state index contributed by atoms with van der Waals surface area (Å²) in [6.07, 6.45) is 1.11. The first kappa shape index (κ1) is 17.8. The lowest BCUT2D eigenvalue weighted by Crippen LogP contribution is -2.15. The smallest absolute Gasteiger partial charge is 0.338 e. The van der Waals surface area contributed by atoms with Crippen LogP contribution in [0.15, 0.2) is 36.5 Å². The van der Waals surface area contributed by atoms with E-state index in [9.17, 15) is 25.0 Å². The minimum absolute atomic E-state index is 0.000364. The Balaban J connectivity index is 1.88. The normalized spacial score (nSPS) is 10.1. The van der Waals surface area contributed by atoms with Gasteiger partial charge in [0.1, 0.15) is 18.6 Å². The summed E-state index contributed by atoms with van der Waals surface area (Å²) >= 11 is 0. The Morgan fingerprint density at radius 1 is 1.20 bits per heavy atom. The SMILES string of the molecule is Cc1c(C(=O)OCCNc2ccc([N+](=O)[O-])cn2)cccc1[N+](=O)[O-]. The number of anilines is 1. The number of esters is 1. The number of carbonyl (C=O) groups is 1. The van der Waals surface area contributed by atoms with E-state index in [4.69, 9.17) is 4.74 Å². The van der Waals surface area contributed by atoms with Gasteiger partial charge in [-0.3, -0.25) is 20.2 Å². The molecule has 0 fully saturated rings. The molecular weight excluding hydrogens is 332 g/mol. The number of nitrogens with zero attached hydrogens (tertiary/aromatic N) is 3. The molecule has 1 aromatic carbocycles. The van der Waals surface area contributed by atoms with Crippen molar-refractivity contribution in [1.29, 1.82) is 0 Å². The van der Waals surface area contributed by atoms with E-state index in [1.807, 2.05) is 0 Å². The standard InChI is InChI=1S/C15H14N4O6/c1-10-12(3-2-4-13(10)19(23)24)15(20)25-8-7-16-14-6-5-11(9-17-14)18(21)22/h2-6,9H,7-8H2,1H3,(H,16,17). The summed E-state index contributed by atoms with van der Waals surface area (Å²) < 4.78 is 5.07. The molecule has 0 saturated heterocycles. The van der Waals surface area contributed by atoms with Gasteiger partial charge in [-0.2, -0.15) is 0 Å². The molecular formula is C15H14N4O6. The maximum absolute atomic E-state index is 12.0. The average molecular weight is 346 g/mol. The first-order valence-corrected chi connectivity index (χ1v) is 7.15. The highest BCUT2D eigenvalue weighted by Gasteiger charge is 2.18. The molecule has 130 valence electrons. The number of carbonyl (C=O) groups excluding carboxylic acids is 1. The number of nitro groups is 2. The predicted molar refractivity (Wildman–Crippen MR) is 87.5 cm³/mol. The predicted octanol–water partition coefficient (Wildman–Crippen LogP) is 2.48. The third-order valence-electron chi connectivity index (χ3n) is 3.32. The van der Waals surface area contributed by atoms with Gasteiger partial charge in [0.25, 0.3) is 11.4 Å². The molecule has 0 spiro atoms. The zero-order valence-corrected chi connectivity index (χ0v) is 13.2. The lowest BCUT2D eigenvalue weighted by Gasteiger charge is -2.08. The van der Waals surface area contributed by atoms with Crippen LogP contribution in [0.3, 0.4) is 0 Å². The third kappa shape index (κ3) is 4.47. The summed E-state index contributed by atoms with van der Waals surface area (Å²) in [5.74, 6) is -0.271. The van der Waals surface area contributed by atoms with Gasteiger partial charge in [-0.25, -0.2) is 9.78 Å². The van der Waals surface area contributed by atoms with Gasteiger partial charge in [-0.15, -0.1) is 0 Å². The fraction of sp³-hybridized carbons (Fsp3) is 0.200. The summed E-state index contributed by atoms with van der Waals surface area (Å²) in [4.78, 5) is 36.1. The van der Waals surface area contributed by atoms with E-state index in [0.29, 0.717) is 5.82 Å². The van der Waals surface area contributed by atoms with Crippen molar-refractivity contribution in [2.24, 2.45) is 0 Å². The van der Waals surface area contributed by atoms with Crippen molar-refractivity contribution in [2.75, 3.05) is 18.5 Å². The number of pyridine rings is 1. The minimum atomic E-state index is -0.667. The number of benzene rings is 1. The zero-order valence-electron chi connectivity index (χ0n) is 13.2. The topological polar surface area (TPSA) is 138 Å². The van der Waals surface area contributed by atoms with E-state index in [2.05, 4.69) is 10.3 Å². The van der Waals surface area contributed by atoms with Gasteiger partial charge in [0.15, 0.2) is 0 Å². The fourth-order valence-electron chi connectivity index (χ4n) is 2.04. The zero-order chi connectivity index (χ0) is 18.4. The number of nitro benzene ring substituents is 1. The number of rotatable bonds is 7. The summed E-state index contributed by atoms with van der Waals surface area (Å²) in [6, 6.07) is 6.92. The van der Waals surface area contributed by atoms with Crippen LogP contribution >= 0.6 is 0 Å². The van der Waals surface area contributed by atoms with Gasteiger partial charge in [-0.05, 0) is 19.1 Å². The number of hydrogen-bond donors (Lipinski definition) is 1. The van der Waals surface area contributed by atoms with Crippen LogP contribution in [-0.2, 0) is 4.74 Å². The molecule has 0 atom stereocenters. The van der Waals surface area contributed by atoms with Gasteiger partial charge < -0.3 is 10.1 Å². The van der Waals surface area contributed by atoms with Crippen LogP contribution in [0.2, 0.25) is 0 Å². The lowest BCUT2D eigenvalue weighted by molar-refractivity contribution is -0.385. The molecule has 1 aromatic heterocycles. The number of hydrogen-bond acceptors (Lipinski definition) is 8. The first-order chi connectivity index (χ1) is 11.9. The molecule has 0 unspecified atom stereocenters. The molecule has 25 heavy (non-hydrogen) atoms. The van der Waals surface area contributed by atoms with Crippen molar-refractivity contribution >= 4 is 23.2 Å². The van der Waals surface area contributed by atoms with Gasteiger partial charge in [-0.1, -0.05) is 6.07 Å². The second kappa shape index (κ2) is 7.81. The fourth-order valence-corrected chi connectivity index (χ4v) is 2.04. The highest BCUT2D eigenvalue weighted by Crippen LogP contribution is 2.21. The van der Waals surface area contributed by atoms with E-state index >= 15 is 0 Å². The molecule has 0 radical (unpaired) electrons. The van der Waals surface area contributed by atoms with Gasteiger partial charge in [0.05, 0.1) is 22.0 Å². The van der Waals surface area contributed by atoms with E-state index in [0.717, 1.165) is 6.20 Å². The Morgan fingerprint density at radius 3 is 2.56 bits per heavy atom. The molecule has 0 aliphatic heterocycles. The Bertz CT molecular complexity index is 806. The molecule has 10 nitrogen and oxygen atoms in total. The Hall–Kier alpha value is -3.56. The molecule has 0 saturated carbocycles. The molecule has 0 amide bonds. The molecule has 1 N–H and O–H groups in total. The van der Waals surface area contributed by atoms with Crippen molar-refractivity contribution in [3.05, 3.63) is 67.9 Å². The molecule has 1 heterocycles. The summed E-state index contributed by atoms with van der Waals surface area (Å²) in [5, 5.41) is 24.2. The van der Waals surface area contributed by atoms with Crippen molar-refractivity contribution in [3.8, 4) is 0 Å². The molecule has 2 rings (SSSR count). The van der Waals surface area contributed by atoms with Crippen LogP contribution in [0.1, 0.15) is 15.9 Å². The maximum atomic E-state index is 12.0. The Labute approximate surface area is 141 Å². The van der Waals surface area contributed by atoms with E-state index < -0.39 is 15.8 Å².